The zero-order valence-electron chi connectivity index (χ0n) is 7.71. The van der Waals surface area contributed by atoms with E-state index in [1.165, 1.54) is 38.5 Å². The van der Waals surface area contributed by atoms with Gasteiger partial charge < -0.3 is 11.5 Å². The summed E-state index contributed by atoms with van der Waals surface area (Å²) in [7, 11) is 0. The molecule has 0 heterocycles. The van der Waals surface area contributed by atoms with Crippen molar-refractivity contribution in [3.05, 3.63) is 0 Å². The van der Waals surface area contributed by atoms with Gasteiger partial charge in [0.05, 0.1) is 0 Å². The number of hydrogen-bond donors (Lipinski definition) is 2. The molecule has 2 saturated carbocycles. The zero-order valence-corrected chi connectivity index (χ0v) is 7.71. The highest BCUT2D eigenvalue weighted by molar-refractivity contribution is 4.88. The predicted octanol–water partition coefficient (Wildman–Crippen LogP) is 1.24. The van der Waals surface area contributed by atoms with Gasteiger partial charge in [0.1, 0.15) is 0 Å². The molecule has 0 amide bonds. The first-order valence-corrected chi connectivity index (χ1v) is 5.27. The van der Waals surface area contributed by atoms with Crippen molar-refractivity contribution in [2.24, 2.45) is 23.3 Å². The van der Waals surface area contributed by atoms with Crippen LogP contribution in [-0.4, -0.2) is 12.1 Å². The maximum absolute atomic E-state index is 5.90. The zero-order chi connectivity index (χ0) is 8.55. The molecule has 4 unspecified atom stereocenters. The Morgan fingerprint density at radius 3 is 1.33 bits per heavy atom. The van der Waals surface area contributed by atoms with Crippen molar-refractivity contribution in [1.29, 1.82) is 0 Å². The molecule has 2 rings (SSSR count). The topological polar surface area (TPSA) is 52.0 Å². The molecule has 0 saturated heterocycles. The van der Waals surface area contributed by atoms with Crippen LogP contribution in [0.15, 0.2) is 0 Å². The average molecular weight is 168 g/mol. The molecule has 70 valence electrons. The Morgan fingerprint density at radius 2 is 1.08 bits per heavy atom. The largest absolute Gasteiger partial charge is 0.328 e. The van der Waals surface area contributed by atoms with Gasteiger partial charge in [0.25, 0.3) is 0 Å². The van der Waals surface area contributed by atoms with Crippen LogP contribution in [0.2, 0.25) is 0 Å². The lowest BCUT2D eigenvalue weighted by atomic mass is 9.89. The van der Waals surface area contributed by atoms with E-state index in [1.54, 1.807) is 0 Å². The van der Waals surface area contributed by atoms with E-state index >= 15 is 0 Å². The standard InChI is InChI=1S/C10H20N2/c11-9-3-1-7(5-9)8-2-4-10(12)6-8/h7-10H,1-6,11-12H2. The van der Waals surface area contributed by atoms with E-state index in [1.807, 2.05) is 0 Å². The molecule has 0 bridgehead atoms. The normalized spacial score (nSPS) is 48.5. The molecule has 0 aromatic carbocycles. The van der Waals surface area contributed by atoms with Crippen molar-refractivity contribution < 1.29 is 0 Å². The molecule has 0 aromatic heterocycles. The first-order chi connectivity index (χ1) is 5.75. The molecular formula is C10H20N2. The van der Waals surface area contributed by atoms with Crippen molar-refractivity contribution in [3.8, 4) is 0 Å². The third-order valence-corrected chi connectivity index (χ3v) is 3.69. The Hall–Kier alpha value is -0.0800. The van der Waals surface area contributed by atoms with Gasteiger partial charge in [-0.3, -0.25) is 0 Å². The van der Waals surface area contributed by atoms with Gasteiger partial charge in [0.2, 0.25) is 0 Å². The van der Waals surface area contributed by atoms with E-state index < -0.39 is 0 Å². The average Bonchev–Trinajstić information content (AvgIpc) is 2.58. The third kappa shape index (κ3) is 1.64. The summed E-state index contributed by atoms with van der Waals surface area (Å²) in [4.78, 5) is 0. The second kappa shape index (κ2) is 3.35. The second-order valence-electron chi connectivity index (χ2n) is 4.67. The highest BCUT2D eigenvalue weighted by Gasteiger charge is 2.33. The molecular weight excluding hydrogens is 148 g/mol. The minimum atomic E-state index is 0.492. The van der Waals surface area contributed by atoms with Gasteiger partial charge in [-0.05, 0) is 50.4 Å². The summed E-state index contributed by atoms with van der Waals surface area (Å²) >= 11 is 0. The van der Waals surface area contributed by atoms with E-state index in [9.17, 15) is 0 Å². The summed E-state index contributed by atoms with van der Waals surface area (Å²) in [6.07, 6.45) is 7.73. The number of nitrogens with two attached hydrogens (primary N) is 2. The van der Waals surface area contributed by atoms with Crippen molar-refractivity contribution in [1.82, 2.24) is 0 Å². The van der Waals surface area contributed by atoms with Gasteiger partial charge in [-0.2, -0.15) is 0 Å². The van der Waals surface area contributed by atoms with Gasteiger partial charge in [0, 0.05) is 12.1 Å². The highest BCUT2D eigenvalue weighted by Crippen LogP contribution is 2.39. The van der Waals surface area contributed by atoms with E-state index in [-0.39, 0.29) is 0 Å². The Kier molecular flexibility index (Phi) is 2.37. The Morgan fingerprint density at radius 1 is 0.667 bits per heavy atom. The molecule has 4 N–H and O–H groups in total. The lowest BCUT2D eigenvalue weighted by Gasteiger charge is -2.17. The quantitative estimate of drug-likeness (QED) is 0.619. The van der Waals surface area contributed by atoms with Crippen molar-refractivity contribution in [3.63, 3.8) is 0 Å². The van der Waals surface area contributed by atoms with Crippen LogP contribution in [0.5, 0.6) is 0 Å². The fourth-order valence-corrected chi connectivity index (χ4v) is 2.96. The van der Waals surface area contributed by atoms with Crippen LogP contribution >= 0.6 is 0 Å². The molecule has 2 fully saturated rings. The fourth-order valence-electron chi connectivity index (χ4n) is 2.96. The molecule has 0 aromatic rings. The monoisotopic (exact) mass is 168 g/mol. The fraction of sp³-hybridized carbons (Fsp3) is 1.00. The summed E-state index contributed by atoms with van der Waals surface area (Å²) in [5.74, 6) is 1.82. The lowest BCUT2D eigenvalue weighted by Crippen LogP contribution is -2.19. The van der Waals surface area contributed by atoms with E-state index in [4.69, 9.17) is 11.5 Å². The molecule has 2 heteroatoms. The van der Waals surface area contributed by atoms with Crippen molar-refractivity contribution in [2.45, 2.75) is 50.6 Å². The Labute approximate surface area is 74.7 Å². The van der Waals surface area contributed by atoms with Crippen molar-refractivity contribution in [2.75, 3.05) is 0 Å². The van der Waals surface area contributed by atoms with E-state index in [2.05, 4.69) is 0 Å². The molecule has 0 spiro atoms. The number of hydrogen-bond acceptors (Lipinski definition) is 2. The molecule has 0 aliphatic heterocycles. The minimum absolute atomic E-state index is 0.492. The van der Waals surface area contributed by atoms with Crippen LogP contribution in [0, 0.1) is 11.8 Å². The lowest BCUT2D eigenvalue weighted by molar-refractivity contribution is 0.340. The summed E-state index contributed by atoms with van der Waals surface area (Å²) in [6, 6.07) is 0.985. The van der Waals surface area contributed by atoms with Gasteiger partial charge in [-0.1, -0.05) is 0 Å². The van der Waals surface area contributed by atoms with Gasteiger partial charge >= 0.3 is 0 Å². The molecule has 12 heavy (non-hydrogen) atoms. The first-order valence-electron chi connectivity index (χ1n) is 5.27. The SMILES string of the molecule is NC1CCC(C2CCC(N)C2)C1. The third-order valence-electron chi connectivity index (χ3n) is 3.69. The highest BCUT2D eigenvalue weighted by atomic mass is 14.7. The van der Waals surface area contributed by atoms with Gasteiger partial charge in [0.15, 0.2) is 0 Å². The maximum Gasteiger partial charge on any atom is 0.00416 e. The van der Waals surface area contributed by atoms with Gasteiger partial charge in [-0.15, -0.1) is 0 Å². The minimum Gasteiger partial charge on any atom is -0.328 e. The van der Waals surface area contributed by atoms with Gasteiger partial charge in [-0.25, -0.2) is 0 Å². The Balaban J connectivity index is 1.85. The Bertz CT molecular complexity index is 140. The second-order valence-corrected chi connectivity index (χ2v) is 4.67. The predicted molar refractivity (Wildman–Crippen MR) is 50.6 cm³/mol. The molecule has 4 atom stereocenters. The van der Waals surface area contributed by atoms with Crippen LogP contribution in [-0.2, 0) is 0 Å². The maximum atomic E-state index is 5.90. The molecule has 0 radical (unpaired) electrons. The summed E-state index contributed by atoms with van der Waals surface area (Å²) in [5.41, 5.74) is 11.8. The number of rotatable bonds is 1. The molecule has 2 nitrogen and oxygen atoms in total. The molecule has 2 aliphatic rings. The van der Waals surface area contributed by atoms with Crippen LogP contribution in [0.3, 0.4) is 0 Å². The summed E-state index contributed by atoms with van der Waals surface area (Å²) < 4.78 is 0. The van der Waals surface area contributed by atoms with E-state index in [0.29, 0.717) is 12.1 Å². The smallest absolute Gasteiger partial charge is 0.00416 e. The van der Waals surface area contributed by atoms with Crippen LogP contribution < -0.4 is 11.5 Å². The van der Waals surface area contributed by atoms with Crippen LogP contribution in [0.1, 0.15) is 38.5 Å². The first kappa shape index (κ1) is 8.52. The van der Waals surface area contributed by atoms with Crippen molar-refractivity contribution >= 4 is 0 Å². The van der Waals surface area contributed by atoms with Crippen LogP contribution in [0.25, 0.3) is 0 Å². The van der Waals surface area contributed by atoms with E-state index in [0.717, 1.165) is 11.8 Å². The summed E-state index contributed by atoms with van der Waals surface area (Å²) in [5, 5.41) is 0. The molecule has 2 aliphatic carbocycles. The van der Waals surface area contributed by atoms with Crippen LogP contribution in [0.4, 0.5) is 0 Å². The summed E-state index contributed by atoms with van der Waals surface area (Å²) in [6.45, 7) is 0.